The van der Waals surface area contributed by atoms with E-state index >= 15 is 0 Å². The van der Waals surface area contributed by atoms with Gasteiger partial charge in [-0.3, -0.25) is 0 Å². The zero-order chi connectivity index (χ0) is 15.8. The molecule has 0 aromatic heterocycles. The molecule has 3 heteroatoms. The average molecular weight is 319 g/mol. The molecule has 0 radical (unpaired) electrons. The maximum atomic E-state index is 13.7. The van der Waals surface area contributed by atoms with Crippen molar-refractivity contribution in [1.29, 1.82) is 0 Å². The minimum absolute atomic E-state index is 0.0490. The molecule has 0 heterocycles. The first kappa shape index (κ1) is 16.9. The smallest absolute Gasteiger partial charge is 0.178 e. The molecule has 2 rings (SSSR count). The zero-order valence-electron chi connectivity index (χ0n) is 14.5. The van der Waals surface area contributed by atoms with Crippen molar-refractivity contribution in [3.8, 4) is 0 Å². The van der Waals surface area contributed by atoms with Gasteiger partial charge in [-0.2, -0.15) is 0 Å². The lowest BCUT2D eigenvalue weighted by atomic mass is 9.71. The Bertz CT molecular complexity index is 460. The van der Waals surface area contributed by atoms with Gasteiger partial charge in [-0.25, -0.2) is 0 Å². The first-order chi connectivity index (χ1) is 8.69. The molecule has 0 aromatic rings. The van der Waals surface area contributed by atoms with Crippen molar-refractivity contribution in [2.24, 2.45) is 22.2 Å². The SMILES string of the molecule is CC(C)(C)C(C)(C)[P@](=O)(Cl)[C@@H]1C[C@@H]2CC[C@@]1(C)C2(C)C. The van der Waals surface area contributed by atoms with Gasteiger partial charge in [0.1, 0.15) is 0 Å². The van der Waals surface area contributed by atoms with E-state index in [4.69, 9.17) is 11.2 Å². The summed E-state index contributed by atoms with van der Waals surface area (Å²) < 4.78 is 13.7. The van der Waals surface area contributed by atoms with Gasteiger partial charge >= 0.3 is 0 Å². The van der Waals surface area contributed by atoms with Gasteiger partial charge < -0.3 is 4.57 Å². The second kappa shape index (κ2) is 4.29. The van der Waals surface area contributed by atoms with Crippen LogP contribution in [0.3, 0.4) is 0 Å². The van der Waals surface area contributed by atoms with Crippen LogP contribution in [0, 0.1) is 22.2 Å². The number of hydrogen-bond donors (Lipinski definition) is 0. The summed E-state index contributed by atoms with van der Waals surface area (Å²) in [6.45, 7) is 15.0. The molecule has 4 atom stereocenters. The highest BCUT2D eigenvalue weighted by Gasteiger charge is 2.68. The molecular formula is C17H32ClOP. The second-order valence-electron chi connectivity index (χ2n) is 9.51. The van der Waals surface area contributed by atoms with E-state index in [-0.39, 0.29) is 27.1 Å². The van der Waals surface area contributed by atoms with E-state index in [1.165, 1.54) is 12.8 Å². The van der Waals surface area contributed by atoms with E-state index in [1.54, 1.807) is 0 Å². The highest BCUT2D eigenvalue weighted by atomic mass is 35.7. The Hall–Kier alpha value is 0.520. The van der Waals surface area contributed by atoms with Crippen molar-refractivity contribution in [2.45, 2.75) is 85.5 Å². The summed E-state index contributed by atoms with van der Waals surface area (Å²) in [7, 11) is 0. The maximum Gasteiger partial charge on any atom is 0.178 e. The second-order valence-corrected chi connectivity index (χ2v) is 13.9. The molecule has 118 valence electrons. The molecule has 1 nitrogen and oxygen atoms in total. The molecule has 2 aliphatic rings. The minimum atomic E-state index is -2.78. The molecule has 0 unspecified atom stereocenters. The van der Waals surface area contributed by atoms with Crippen molar-refractivity contribution in [1.82, 2.24) is 0 Å². The minimum Gasteiger partial charge on any atom is -0.306 e. The van der Waals surface area contributed by atoms with Crippen LogP contribution in [-0.4, -0.2) is 10.8 Å². The largest absolute Gasteiger partial charge is 0.306 e. The molecular weight excluding hydrogens is 287 g/mol. The summed E-state index contributed by atoms with van der Waals surface area (Å²) >= 11 is 6.89. The monoisotopic (exact) mass is 318 g/mol. The summed E-state index contributed by atoms with van der Waals surface area (Å²) in [5.41, 5.74) is 0.542. The van der Waals surface area contributed by atoms with Crippen LogP contribution in [-0.2, 0) is 4.57 Å². The Morgan fingerprint density at radius 3 is 1.90 bits per heavy atom. The van der Waals surface area contributed by atoms with Gasteiger partial charge in [-0.1, -0.05) is 66.6 Å². The molecule has 20 heavy (non-hydrogen) atoms. The van der Waals surface area contributed by atoms with Crippen LogP contribution < -0.4 is 0 Å². The van der Waals surface area contributed by atoms with Gasteiger partial charge in [0.2, 0.25) is 0 Å². The van der Waals surface area contributed by atoms with E-state index in [1.807, 2.05) is 0 Å². The fourth-order valence-corrected chi connectivity index (χ4v) is 9.57. The molecule has 0 saturated heterocycles. The average Bonchev–Trinajstić information content (AvgIpc) is 2.58. The van der Waals surface area contributed by atoms with Crippen LogP contribution in [0.5, 0.6) is 0 Å². The van der Waals surface area contributed by atoms with Crippen LogP contribution in [0.1, 0.15) is 74.7 Å². The fourth-order valence-electron chi connectivity index (χ4n) is 4.51. The van der Waals surface area contributed by atoms with Crippen LogP contribution in [0.4, 0.5) is 0 Å². The third-order valence-electron chi connectivity index (χ3n) is 7.75. The van der Waals surface area contributed by atoms with Gasteiger partial charge in [0.25, 0.3) is 0 Å². The third-order valence-corrected chi connectivity index (χ3v) is 13.5. The predicted octanol–water partition coefficient (Wildman–Crippen LogP) is 6.54. The van der Waals surface area contributed by atoms with E-state index in [0.717, 1.165) is 6.42 Å². The van der Waals surface area contributed by atoms with Crippen molar-refractivity contribution in [3.63, 3.8) is 0 Å². The topological polar surface area (TPSA) is 17.1 Å². The highest BCUT2D eigenvalue weighted by Crippen LogP contribution is 2.82. The summed E-state index contributed by atoms with van der Waals surface area (Å²) in [5, 5.41) is -0.338. The Morgan fingerprint density at radius 1 is 1.10 bits per heavy atom. The van der Waals surface area contributed by atoms with Crippen molar-refractivity contribution >= 4 is 17.7 Å². The summed E-state index contributed by atoms with van der Waals surface area (Å²) in [6.07, 6.45) is 3.53. The maximum absolute atomic E-state index is 13.7. The molecule has 0 spiro atoms. The Labute approximate surface area is 130 Å². The zero-order valence-corrected chi connectivity index (χ0v) is 16.2. The first-order valence-electron chi connectivity index (χ1n) is 7.99. The number of hydrogen-bond acceptors (Lipinski definition) is 1. The third kappa shape index (κ3) is 1.84. The summed E-state index contributed by atoms with van der Waals surface area (Å²) in [5.74, 6) is 0.695. The number of rotatable bonds is 2. The van der Waals surface area contributed by atoms with Crippen molar-refractivity contribution < 1.29 is 4.57 Å². The number of halogens is 1. The van der Waals surface area contributed by atoms with Gasteiger partial charge in [0, 0.05) is 10.8 Å². The van der Waals surface area contributed by atoms with Crippen LogP contribution >= 0.6 is 17.7 Å². The molecule has 2 saturated carbocycles. The standard InChI is InChI=1S/C17H32ClOP/c1-14(2,3)16(6,7)20(18,19)13-11-12-9-10-17(13,8)15(12,4)5/h12-13H,9-11H2,1-8H3/t12-,13+,17+,20-/m0/s1. The normalized spacial score (nSPS) is 39.9. The quantitative estimate of drug-likeness (QED) is 0.528. The molecule has 0 amide bonds. The molecule has 2 bridgehead atoms. The Balaban J connectivity index is 2.46. The summed E-state index contributed by atoms with van der Waals surface area (Å²) in [4.78, 5) is 0. The summed E-state index contributed by atoms with van der Waals surface area (Å²) in [6, 6.07) is 0. The lowest BCUT2D eigenvalue weighted by molar-refractivity contribution is 0.152. The molecule has 0 aromatic carbocycles. The van der Waals surface area contributed by atoms with Crippen LogP contribution in [0.2, 0.25) is 0 Å². The lowest BCUT2D eigenvalue weighted by Crippen LogP contribution is -2.43. The first-order valence-corrected chi connectivity index (χ1v) is 10.7. The van der Waals surface area contributed by atoms with E-state index in [2.05, 4.69) is 55.4 Å². The van der Waals surface area contributed by atoms with E-state index < -0.39 is 6.49 Å². The Kier molecular flexibility index (Phi) is 3.62. The molecule has 0 N–H and O–H groups in total. The number of fused-ring (bicyclic) bond motifs is 2. The van der Waals surface area contributed by atoms with Crippen LogP contribution in [0.25, 0.3) is 0 Å². The van der Waals surface area contributed by atoms with Gasteiger partial charge in [-0.15, -0.1) is 0 Å². The Morgan fingerprint density at radius 2 is 1.60 bits per heavy atom. The van der Waals surface area contributed by atoms with Crippen molar-refractivity contribution in [2.75, 3.05) is 0 Å². The fraction of sp³-hybridized carbons (Fsp3) is 1.00. The highest BCUT2D eigenvalue weighted by molar-refractivity contribution is 7.91. The van der Waals surface area contributed by atoms with Gasteiger partial charge in [-0.05, 0) is 41.4 Å². The molecule has 0 aliphatic heterocycles. The van der Waals surface area contributed by atoms with Gasteiger partial charge in [0.15, 0.2) is 6.49 Å². The molecule has 2 aliphatic carbocycles. The van der Waals surface area contributed by atoms with Crippen LogP contribution in [0.15, 0.2) is 0 Å². The van der Waals surface area contributed by atoms with E-state index in [9.17, 15) is 4.57 Å². The van der Waals surface area contributed by atoms with Gasteiger partial charge in [0.05, 0.1) is 0 Å². The predicted molar refractivity (Wildman–Crippen MR) is 90.0 cm³/mol. The van der Waals surface area contributed by atoms with Crippen molar-refractivity contribution in [3.05, 3.63) is 0 Å². The lowest BCUT2D eigenvalue weighted by Gasteiger charge is -2.49. The molecule has 2 fully saturated rings. The van der Waals surface area contributed by atoms with E-state index in [0.29, 0.717) is 5.92 Å².